The molecule has 4 nitrogen and oxygen atoms in total. The lowest BCUT2D eigenvalue weighted by Gasteiger charge is -2.12. The fraction of sp³-hybridized carbons (Fsp3) is 0.286. The van der Waals surface area contributed by atoms with Gasteiger partial charge in [-0.05, 0) is 32.3 Å². The highest BCUT2D eigenvalue weighted by molar-refractivity contribution is 9.10. The van der Waals surface area contributed by atoms with Gasteiger partial charge in [0.25, 0.3) is 0 Å². The van der Waals surface area contributed by atoms with Gasteiger partial charge < -0.3 is 4.90 Å². The quantitative estimate of drug-likeness (QED) is 0.729. The molecule has 0 N–H and O–H groups in total. The third-order valence-corrected chi connectivity index (χ3v) is 4.04. The van der Waals surface area contributed by atoms with E-state index in [1.165, 1.54) is 6.20 Å². The molecule has 0 fully saturated rings. The number of carbonyl (C=O) groups excluding carboxylic acids is 1. The Bertz CT molecular complexity index is 670. The van der Waals surface area contributed by atoms with Gasteiger partial charge in [-0.2, -0.15) is 5.10 Å². The van der Waals surface area contributed by atoms with Crippen LogP contribution in [0.15, 0.2) is 28.9 Å². The number of aromatic nitrogens is 2. The molecule has 1 aromatic heterocycles. The molecule has 0 amide bonds. The van der Waals surface area contributed by atoms with Gasteiger partial charge >= 0.3 is 0 Å². The molecule has 0 radical (unpaired) electrons. The fourth-order valence-electron chi connectivity index (χ4n) is 1.85. The molecule has 1 heterocycles. The fourth-order valence-corrected chi connectivity index (χ4v) is 2.64. The van der Waals surface area contributed by atoms with Crippen LogP contribution >= 0.6 is 39.1 Å². The maximum atomic E-state index is 12.7. The van der Waals surface area contributed by atoms with Gasteiger partial charge in [0, 0.05) is 16.6 Å². The van der Waals surface area contributed by atoms with E-state index in [9.17, 15) is 4.79 Å². The summed E-state index contributed by atoms with van der Waals surface area (Å²) >= 11 is 15.6. The Morgan fingerprint density at radius 3 is 2.71 bits per heavy atom. The number of nitrogens with zero attached hydrogens (tertiary/aromatic N) is 3. The first-order valence-corrected chi connectivity index (χ1v) is 7.81. The standard InChI is InChI=1S/C14H14BrCl2N3O/c1-19(2)5-6-20-13(12(17)8-18-20)14(21)10-7-9(15)3-4-11(10)16/h3-4,7-8H,5-6H2,1-2H3. The van der Waals surface area contributed by atoms with Crippen LogP contribution in [0.3, 0.4) is 0 Å². The van der Waals surface area contributed by atoms with Crippen LogP contribution in [0.1, 0.15) is 16.1 Å². The maximum Gasteiger partial charge on any atom is 0.214 e. The van der Waals surface area contributed by atoms with Crippen molar-refractivity contribution in [2.45, 2.75) is 6.54 Å². The summed E-state index contributed by atoms with van der Waals surface area (Å²) in [5.41, 5.74) is 0.762. The summed E-state index contributed by atoms with van der Waals surface area (Å²) in [4.78, 5) is 14.7. The van der Waals surface area contributed by atoms with E-state index in [0.29, 0.717) is 27.8 Å². The van der Waals surface area contributed by atoms with Crippen LogP contribution in [0.4, 0.5) is 0 Å². The molecule has 0 saturated heterocycles. The zero-order chi connectivity index (χ0) is 15.6. The number of likely N-dealkylation sites (N-methyl/N-ethyl adjacent to an activating group) is 1. The molecule has 0 aliphatic carbocycles. The van der Waals surface area contributed by atoms with Crippen molar-refractivity contribution in [2.75, 3.05) is 20.6 Å². The molecule has 0 aliphatic heterocycles. The Balaban J connectivity index is 2.39. The topological polar surface area (TPSA) is 38.1 Å². The second-order valence-electron chi connectivity index (χ2n) is 4.82. The Labute approximate surface area is 141 Å². The highest BCUT2D eigenvalue weighted by atomic mass is 79.9. The Hall–Kier alpha value is -0.880. The first kappa shape index (κ1) is 16.5. The minimum absolute atomic E-state index is 0.234. The van der Waals surface area contributed by atoms with E-state index < -0.39 is 0 Å². The number of benzene rings is 1. The first-order chi connectivity index (χ1) is 9.90. The van der Waals surface area contributed by atoms with Gasteiger partial charge in [-0.3, -0.25) is 9.48 Å². The summed E-state index contributed by atoms with van der Waals surface area (Å²) in [5, 5.41) is 4.89. The number of hydrogen-bond acceptors (Lipinski definition) is 3. The predicted octanol–water partition coefficient (Wildman–Crippen LogP) is 3.75. The van der Waals surface area contributed by atoms with Gasteiger partial charge in [0.1, 0.15) is 5.69 Å². The number of ketones is 1. The normalized spacial score (nSPS) is 11.1. The zero-order valence-electron chi connectivity index (χ0n) is 11.6. The molecule has 0 spiro atoms. The highest BCUT2D eigenvalue weighted by Crippen LogP contribution is 2.26. The smallest absolute Gasteiger partial charge is 0.214 e. The molecule has 0 unspecified atom stereocenters. The van der Waals surface area contributed by atoms with Crippen molar-refractivity contribution in [3.8, 4) is 0 Å². The van der Waals surface area contributed by atoms with Crippen LogP contribution in [0.5, 0.6) is 0 Å². The molecule has 0 aliphatic rings. The maximum absolute atomic E-state index is 12.7. The average molecular weight is 391 g/mol. The minimum atomic E-state index is -0.234. The highest BCUT2D eigenvalue weighted by Gasteiger charge is 2.21. The minimum Gasteiger partial charge on any atom is -0.308 e. The second-order valence-corrected chi connectivity index (χ2v) is 6.55. The molecule has 21 heavy (non-hydrogen) atoms. The number of carbonyl (C=O) groups is 1. The van der Waals surface area contributed by atoms with Crippen molar-refractivity contribution in [3.63, 3.8) is 0 Å². The van der Waals surface area contributed by atoms with Crippen molar-refractivity contribution in [2.24, 2.45) is 0 Å². The first-order valence-electron chi connectivity index (χ1n) is 6.26. The summed E-state index contributed by atoms with van der Waals surface area (Å²) in [5.74, 6) is -0.234. The summed E-state index contributed by atoms with van der Waals surface area (Å²) in [6.45, 7) is 1.33. The molecule has 0 bridgehead atoms. The van der Waals surface area contributed by atoms with Crippen molar-refractivity contribution < 1.29 is 4.79 Å². The molecule has 2 aromatic rings. The summed E-state index contributed by atoms with van der Waals surface area (Å²) in [6.07, 6.45) is 1.48. The van der Waals surface area contributed by atoms with Crippen LogP contribution in [-0.2, 0) is 6.54 Å². The van der Waals surface area contributed by atoms with E-state index in [0.717, 1.165) is 11.0 Å². The monoisotopic (exact) mass is 389 g/mol. The zero-order valence-corrected chi connectivity index (χ0v) is 14.7. The number of rotatable bonds is 5. The molecule has 0 saturated carbocycles. The molecular formula is C14H14BrCl2N3O. The molecule has 0 atom stereocenters. The van der Waals surface area contributed by atoms with Crippen molar-refractivity contribution >= 4 is 44.9 Å². The van der Waals surface area contributed by atoms with E-state index in [1.54, 1.807) is 22.9 Å². The van der Waals surface area contributed by atoms with Gasteiger partial charge in [0.2, 0.25) is 5.78 Å². The summed E-state index contributed by atoms with van der Waals surface area (Å²) in [7, 11) is 3.91. The lowest BCUT2D eigenvalue weighted by atomic mass is 10.1. The van der Waals surface area contributed by atoms with Crippen LogP contribution in [0.2, 0.25) is 10.0 Å². The second kappa shape index (κ2) is 6.92. The summed E-state index contributed by atoms with van der Waals surface area (Å²) in [6, 6.07) is 5.14. The van der Waals surface area contributed by atoms with Crippen LogP contribution < -0.4 is 0 Å². The molecule has 112 valence electrons. The summed E-state index contributed by atoms with van der Waals surface area (Å²) < 4.78 is 2.40. The van der Waals surface area contributed by atoms with Gasteiger partial charge in [-0.15, -0.1) is 0 Å². The van der Waals surface area contributed by atoms with E-state index >= 15 is 0 Å². The third-order valence-electron chi connectivity index (χ3n) is 2.94. The lowest BCUT2D eigenvalue weighted by Crippen LogP contribution is -2.21. The van der Waals surface area contributed by atoms with Crippen molar-refractivity contribution in [1.82, 2.24) is 14.7 Å². The van der Waals surface area contributed by atoms with Gasteiger partial charge in [-0.25, -0.2) is 0 Å². The number of halogens is 3. The Kier molecular flexibility index (Phi) is 5.43. The van der Waals surface area contributed by atoms with E-state index in [4.69, 9.17) is 23.2 Å². The number of hydrogen-bond donors (Lipinski definition) is 0. The average Bonchev–Trinajstić information content (AvgIpc) is 2.79. The molecule has 2 rings (SSSR count). The van der Waals surface area contributed by atoms with E-state index in [2.05, 4.69) is 21.0 Å². The predicted molar refractivity (Wildman–Crippen MR) is 88.4 cm³/mol. The third kappa shape index (κ3) is 3.86. The molecule has 1 aromatic carbocycles. The van der Waals surface area contributed by atoms with Gasteiger partial charge in [0.05, 0.1) is 22.8 Å². The van der Waals surface area contributed by atoms with Crippen molar-refractivity contribution in [1.29, 1.82) is 0 Å². The van der Waals surface area contributed by atoms with E-state index in [-0.39, 0.29) is 5.78 Å². The SMILES string of the molecule is CN(C)CCn1ncc(Cl)c1C(=O)c1cc(Br)ccc1Cl. The van der Waals surface area contributed by atoms with E-state index in [1.807, 2.05) is 19.0 Å². The van der Waals surface area contributed by atoms with Gasteiger partial charge in [0.15, 0.2) is 0 Å². The molecular weight excluding hydrogens is 377 g/mol. The largest absolute Gasteiger partial charge is 0.308 e. The van der Waals surface area contributed by atoms with Crippen LogP contribution in [0, 0.1) is 0 Å². The Morgan fingerprint density at radius 1 is 1.33 bits per heavy atom. The van der Waals surface area contributed by atoms with Crippen molar-refractivity contribution in [3.05, 3.63) is 50.2 Å². The van der Waals surface area contributed by atoms with Crippen LogP contribution in [-0.4, -0.2) is 41.1 Å². The lowest BCUT2D eigenvalue weighted by molar-refractivity contribution is 0.102. The molecule has 7 heteroatoms. The van der Waals surface area contributed by atoms with Gasteiger partial charge in [-0.1, -0.05) is 39.1 Å². The van der Waals surface area contributed by atoms with Crippen LogP contribution in [0.25, 0.3) is 0 Å². The Morgan fingerprint density at radius 2 is 2.05 bits per heavy atom.